The zero-order valence-corrected chi connectivity index (χ0v) is 36.7. The highest BCUT2D eigenvalue weighted by Crippen LogP contribution is 2.41. The van der Waals surface area contributed by atoms with E-state index in [1.165, 1.54) is 11.8 Å². The molecule has 1 aliphatic carbocycles. The predicted octanol–water partition coefficient (Wildman–Crippen LogP) is -0.441. The molecule has 3 heterocycles. The van der Waals surface area contributed by atoms with E-state index in [0.29, 0.717) is 29.7 Å². The Morgan fingerprint density at radius 3 is 2.26 bits per heavy atom. The lowest BCUT2D eigenvalue weighted by molar-refractivity contribution is -0.143. The quantitative estimate of drug-likeness (QED) is 0.174. The number of hydrogen-bond acceptors (Lipinski definition) is 11. The summed E-state index contributed by atoms with van der Waals surface area (Å²) in [7, 11) is 0. The SMILES string of the molecule is CC[C@H](C)[C@H](C)[C@H]1NC(=O)[C@@H]2C[C@@H](O)CN2C(=O)[C@H](CC(N)=O)NC(=O)[C@@H]2CSC3=C(CC(NC1=O)C(=O)NCC(=O)N[C@@H]([C@@H](C)CC)C(=O)CCC(=O)N2)c1ccccc1C3. The summed E-state index contributed by atoms with van der Waals surface area (Å²) >= 11 is 1.22. The molecule has 0 spiro atoms. The molecule has 62 heavy (non-hydrogen) atoms. The van der Waals surface area contributed by atoms with Gasteiger partial charge >= 0.3 is 0 Å². The van der Waals surface area contributed by atoms with E-state index in [1.807, 2.05) is 45.0 Å². The number of amides is 8. The van der Waals surface area contributed by atoms with E-state index < -0.39 is 114 Å². The maximum Gasteiger partial charge on any atom is 0.246 e. The lowest BCUT2D eigenvalue weighted by Crippen LogP contribution is -2.61. The van der Waals surface area contributed by atoms with Crippen molar-refractivity contribution in [3.05, 3.63) is 40.3 Å². The molecule has 0 saturated carbocycles. The summed E-state index contributed by atoms with van der Waals surface area (Å²) in [6, 6.07) is -0.404. The molecule has 0 radical (unpaired) electrons. The fourth-order valence-electron chi connectivity index (χ4n) is 8.32. The first kappa shape index (κ1) is 47.7. The Hall–Kier alpha value is -5.30. The van der Waals surface area contributed by atoms with Crippen LogP contribution < -0.4 is 37.6 Å². The van der Waals surface area contributed by atoms with E-state index in [9.17, 15) is 48.3 Å². The van der Waals surface area contributed by atoms with Crippen LogP contribution in [0.15, 0.2) is 29.2 Å². The largest absolute Gasteiger partial charge is 0.391 e. The minimum atomic E-state index is -1.61. The zero-order valence-electron chi connectivity index (χ0n) is 35.9. The van der Waals surface area contributed by atoms with Crippen LogP contribution in [0.2, 0.25) is 0 Å². The molecule has 5 rings (SSSR count). The normalized spacial score (nSPS) is 28.8. The molecule has 0 aromatic heterocycles. The summed E-state index contributed by atoms with van der Waals surface area (Å²) in [5, 5.41) is 27.0. The number of Topliss-reactive ketones (excluding diaryl/α,β-unsaturated/α-hetero) is 1. The van der Waals surface area contributed by atoms with E-state index in [2.05, 4.69) is 31.9 Å². The second-order valence-corrected chi connectivity index (χ2v) is 18.0. The minimum Gasteiger partial charge on any atom is -0.391 e. The number of carbonyl (C=O) groups is 9. The molecule has 1 saturated heterocycles. The number of ketones is 1. The summed E-state index contributed by atoms with van der Waals surface area (Å²) in [5.41, 5.74) is 7.92. The summed E-state index contributed by atoms with van der Waals surface area (Å²) in [5.74, 6) is -7.79. The van der Waals surface area contributed by atoms with Gasteiger partial charge in [0.05, 0.1) is 25.1 Å². The van der Waals surface area contributed by atoms with Gasteiger partial charge in [0.25, 0.3) is 0 Å². The van der Waals surface area contributed by atoms with Gasteiger partial charge in [-0.15, -0.1) is 11.8 Å². The molecular weight excluding hydrogens is 821 g/mol. The van der Waals surface area contributed by atoms with Crippen LogP contribution in [0.5, 0.6) is 0 Å². The van der Waals surface area contributed by atoms with Crippen molar-refractivity contribution in [1.29, 1.82) is 0 Å². The second-order valence-electron chi connectivity index (χ2n) is 16.9. The Morgan fingerprint density at radius 2 is 1.56 bits per heavy atom. The Bertz CT molecular complexity index is 1980. The average Bonchev–Trinajstić information content (AvgIpc) is 3.81. The van der Waals surface area contributed by atoms with Crippen LogP contribution in [0.1, 0.15) is 90.7 Å². The molecule has 1 fully saturated rings. The minimum absolute atomic E-state index is 0.0775. The molecule has 8 amide bonds. The number of benzene rings is 1. The highest BCUT2D eigenvalue weighted by molar-refractivity contribution is 8.03. The number of nitrogens with zero attached hydrogens (tertiary/aromatic N) is 1. The molecule has 19 heteroatoms. The maximum atomic E-state index is 14.6. The summed E-state index contributed by atoms with van der Waals surface area (Å²) in [4.78, 5) is 126. The van der Waals surface area contributed by atoms with E-state index in [-0.39, 0.29) is 49.8 Å². The topological polar surface area (TPSA) is 275 Å². The van der Waals surface area contributed by atoms with Crippen LogP contribution >= 0.6 is 11.8 Å². The van der Waals surface area contributed by atoms with Crippen molar-refractivity contribution in [3.63, 3.8) is 0 Å². The van der Waals surface area contributed by atoms with Crippen molar-refractivity contribution in [1.82, 2.24) is 36.8 Å². The monoisotopic (exact) mass is 880 g/mol. The van der Waals surface area contributed by atoms with E-state index in [4.69, 9.17) is 5.73 Å². The predicted molar refractivity (Wildman–Crippen MR) is 229 cm³/mol. The van der Waals surface area contributed by atoms with Crippen LogP contribution in [0.4, 0.5) is 0 Å². The van der Waals surface area contributed by atoms with Gasteiger partial charge in [-0.05, 0) is 39.4 Å². The first-order valence-corrected chi connectivity index (χ1v) is 22.4. The van der Waals surface area contributed by atoms with Crippen molar-refractivity contribution in [2.75, 3.05) is 18.8 Å². The lowest BCUT2D eigenvalue weighted by atomic mass is 9.86. The molecule has 1 aromatic carbocycles. The third-order valence-electron chi connectivity index (χ3n) is 12.6. The summed E-state index contributed by atoms with van der Waals surface area (Å²) in [6.07, 6.45) is -1.32. The zero-order chi connectivity index (χ0) is 45.4. The van der Waals surface area contributed by atoms with E-state index in [0.717, 1.165) is 16.0 Å². The van der Waals surface area contributed by atoms with Gasteiger partial charge in [0.2, 0.25) is 47.3 Å². The Morgan fingerprint density at radius 1 is 0.839 bits per heavy atom. The smallest absolute Gasteiger partial charge is 0.246 e. The highest BCUT2D eigenvalue weighted by atomic mass is 32.2. The molecule has 18 nitrogen and oxygen atoms in total. The Kier molecular flexibility index (Phi) is 16.3. The fraction of sp³-hybridized carbons (Fsp3) is 0.605. The summed E-state index contributed by atoms with van der Waals surface area (Å²) < 4.78 is 0. The van der Waals surface area contributed by atoms with Crippen molar-refractivity contribution in [2.45, 2.75) is 128 Å². The first-order valence-electron chi connectivity index (χ1n) is 21.4. The lowest BCUT2D eigenvalue weighted by Gasteiger charge is -2.33. The number of aliphatic hydroxyl groups is 1. The molecule has 2 bridgehead atoms. The second kappa shape index (κ2) is 21.2. The van der Waals surface area contributed by atoms with Gasteiger partial charge in [-0.3, -0.25) is 43.2 Å². The van der Waals surface area contributed by atoms with Crippen LogP contribution in [0.3, 0.4) is 0 Å². The van der Waals surface area contributed by atoms with Crippen molar-refractivity contribution < 1.29 is 48.3 Å². The maximum absolute atomic E-state index is 14.6. The standard InChI is InChI=1S/C43H60N8O10S/c1-6-21(3)23(5)38-42(60)47-28-16-27-26-11-9-8-10-24(26)14-33(27)62-20-30(46-35(55)13-12-32(53)37(22(4)7-2)49-36(56)18-45-39(28)57)40(58)48-29(17-34(44)54)43(61)51-19-25(52)15-31(51)41(59)50-38/h8-11,21-23,25,28-31,37-38,52H,6-7,12-20H2,1-5H3,(H2,44,54)(H,45,57)(H,46,55)(H,47,60)(H,48,58)(H,49,56)(H,50,59)/t21-,22-,23-,25+,28?,29-,30-,31-,37-,38+/m0/s1. The molecular formula is C43H60N8O10S. The number of nitrogens with two attached hydrogens (primary N) is 1. The highest BCUT2D eigenvalue weighted by Gasteiger charge is 2.45. The van der Waals surface area contributed by atoms with Crippen molar-refractivity contribution in [2.24, 2.45) is 23.5 Å². The fourth-order valence-corrected chi connectivity index (χ4v) is 9.54. The van der Waals surface area contributed by atoms with Gasteiger partial charge in [0, 0.05) is 44.4 Å². The van der Waals surface area contributed by atoms with Gasteiger partial charge in [0.15, 0.2) is 5.78 Å². The van der Waals surface area contributed by atoms with Crippen LogP contribution in [0, 0.1) is 17.8 Å². The average molecular weight is 881 g/mol. The van der Waals surface area contributed by atoms with E-state index in [1.54, 1.807) is 13.8 Å². The van der Waals surface area contributed by atoms with Crippen molar-refractivity contribution >= 4 is 70.4 Å². The van der Waals surface area contributed by atoms with Crippen LogP contribution in [0.25, 0.3) is 5.57 Å². The number of rotatable bonds is 7. The number of thioether (sulfide) groups is 1. The molecule has 1 aromatic rings. The molecule has 4 aliphatic rings. The van der Waals surface area contributed by atoms with Crippen LogP contribution in [-0.2, 0) is 49.6 Å². The number of carbonyl (C=O) groups excluding carboxylic acids is 9. The van der Waals surface area contributed by atoms with Crippen LogP contribution in [-0.4, -0.2) is 124 Å². The Balaban J connectivity index is 1.68. The van der Waals surface area contributed by atoms with E-state index >= 15 is 0 Å². The first-order chi connectivity index (χ1) is 29.4. The van der Waals surface area contributed by atoms with Gasteiger partial charge in [-0.25, -0.2) is 0 Å². The molecule has 338 valence electrons. The van der Waals surface area contributed by atoms with Gasteiger partial charge < -0.3 is 47.6 Å². The molecule has 9 N–H and O–H groups in total. The number of allylic oxidation sites excluding steroid dienone is 1. The third-order valence-corrected chi connectivity index (χ3v) is 13.8. The van der Waals surface area contributed by atoms with Gasteiger partial charge in [-0.2, -0.15) is 0 Å². The molecule has 3 aliphatic heterocycles. The molecule has 10 atom stereocenters. The van der Waals surface area contributed by atoms with Gasteiger partial charge in [-0.1, -0.05) is 71.7 Å². The van der Waals surface area contributed by atoms with Crippen molar-refractivity contribution in [3.8, 4) is 0 Å². The Labute approximate surface area is 365 Å². The number of aliphatic hydroxyl groups excluding tert-OH is 1. The third kappa shape index (κ3) is 11.6. The number of primary amides is 1. The number of fused-ring (bicyclic) bond motifs is 5. The summed E-state index contributed by atoms with van der Waals surface area (Å²) in [6.45, 7) is 8.33. The van der Waals surface area contributed by atoms with Gasteiger partial charge in [0.1, 0.15) is 30.2 Å². The molecule has 1 unspecified atom stereocenters. The number of hydrogen-bond donors (Lipinski definition) is 8. The number of nitrogens with one attached hydrogen (secondary N) is 6.